The number of hydrogen-bond acceptors (Lipinski definition) is 3. The molecule has 0 radical (unpaired) electrons. The van der Waals surface area contributed by atoms with Gasteiger partial charge in [0.05, 0.1) is 12.8 Å². The van der Waals surface area contributed by atoms with Crippen LogP contribution in [0.1, 0.15) is 26.7 Å². The number of methoxy groups -OCH3 is 1. The van der Waals surface area contributed by atoms with E-state index in [1.54, 1.807) is 7.11 Å². The molecule has 2 rings (SSSR count). The van der Waals surface area contributed by atoms with Crippen molar-refractivity contribution in [1.29, 1.82) is 0 Å². The Morgan fingerprint density at radius 2 is 2.17 bits per heavy atom. The first-order valence-electron chi connectivity index (χ1n) is 6.32. The number of carbonyl (C=O) groups is 1. The lowest BCUT2D eigenvalue weighted by atomic mass is 10.2. The van der Waals surface area contributed by atoms with Crippen LogP contribution in [0.15, 0.2) is 18.2 Å². The van der Waals surface area contributed by atoms with E-state index in [9.17, 15) is 4.79 Å². The van der Waals surface area contributed by atoms with E-state index in [-0.39, 0.29) is 5.91 Å². The summed E-state index contributed by atoms with van der Waals surface area (Å²) in [5.41, 5.74) is 1.72. The van der Waals surface area contributed by atoms with Crippen molar-refractivity contribution in [2.45, 2.75) is 32.7 Å². The minimum Gasteiger partial charge on any atom is -0.495 e. The van der Waals surface area contributed by atoms with Gasteiger partial charge in [0.2, 0.25) is 5.91 Å². The smallest absolute Gasteiger partial charge is 0.221 e. The SMILES string of the molecule is COc1ccc(NC(C)=O)cc1NC(C)C1CC1. The molecule has 1 atom stereocenters. The molecule has 0 aliphatic heterocycles. The molecule has 1 saturated carbocycles. The van der Waals surface area contributed by atoms with Crippen LogP contribution in [0.25, 0.3) is 0 Å². The first-order valence-corrected chi connectivity index (χ1v) is 6.32. The Hall–Kier alpha value is -1.71. The van der Waals surface area contributed by atoms with Crippen LogP contribution in [0.4, 0.5) is 11.4 Å². The summed E-state index contributed by atoms with van der Waals surface area (Å²) in [6.45, 7) is 3.69. The monoisotopic (exact) mass is 248 g/mol. The van der Waals surface area contributed by atoms with Gasteiger partial charge < -0.3 is 15.4 Å². The highest BCUT2D eigenvalue weighted by molar-refractivity contribution is 5.89. The van der Waals surface area contributed by atoms with E-state index in [1.165, 1.54) is 19.8 Å². The van der Waals surface area contributed by atoms with Gasteiger partial charge in [-0.2, -0.15) is 0 Å². The van der Waals surface area contributed by atoms with Crippen molar-refractivity contribution in [1.82, 2.24) is 0 Å². The molecule has 4 heteroatoms. The number of anilines is 2. The van der Waals surface area contributed by atoms with E-state index in [0.29, 0.717) is 6.04 Å². The van der Waals surface area contributed by atoms with E-state index < -0.39 is 0 Å². The number of benzene rings is 1. The van der Waals surface area contributed by atoms with Crippen molar-refractivity contribution in [3.63, 3.8) is 0 Å². The van der Waals surface area contributed by atoms with E-state index in [0.717, 1.165) is 23.0 Å². The molecule has 1 aromatic rings. The fraction of sp³-hybridized carbons (Fsp3) is 0.500. The van der Waals surface area contributed by atoms with Gasteiger partial charge in [-0.25, -0.2) is 0 Å². The quantitative estimate of drug-likeness (QED) is 0.842. The molecule has 0 spiro atoms. The number of nitrogens with one attached hydrogen (secondary N) is 2. The minimum atomic E-state index is -0.0682. The van der Waals surface area contributed by atoms with Crippen molar-refractivity contribution in [2.24, 2.45) is 5.92 Å². The Labute approximate surface area is 108 Å². The molecule has 0 aromatic heterocycles. The van der Waals surface area contributed by atoms with Gasteiger partial charge in [-0.1, -0.05) is 0 Å². The summed E-state index contributed by atoms with van der Waals surface area (Å²) in [5.74, 6) is 1.50. The highest BCUT2D eigenvalue weighted by Crippen LogP contribution is 2.36. The van der Waals surface area contributed by atoms with Crippen LogP contribution in [0.3, 0.4) is 0 Å². The summed E-state index contributed by atoms with van der Waals surface area (Å²) in [6.07, 6.45) is 2.59. The minimum absolute atomic E-state index is 0.0682. The molecule has 0 heterocycles. The molecule has 1 fully saturated rings. The van der Waals surface area contributed by atoms with Gasteiger partial charge in [-0.05, 0) is 43.9 Å². The maximum atomic E-state index is 11.1. The number of ether oxygens (including phenoxy) is 1. The zero-order valence-corrected chi connectivity index (χ0v) is 11.1. The fourth-order valence-electron chi connectivity index (χ4n) is 2.06. The second-order valence-electron chi connectivity index (χ2n) is 4.87. The second kappa shape index (κ2) is 5.29. The van der Waals surface area contributed by atoms with Crippen molar-refractivity contribution >= 4 is 17.3 Å². The lowest BCUT2D eigenvalue weighted by Gasteiger charge is -2.18. The topological polar surface area (TPSA) is 50.4 Å². The van der Waals surface area contributed by atoms with Crippen molar-refractivity contribution in [2.75, 3.05) is 17.7 Å². The molecule has 98 valence electrons. The van der Waals surface area contributed by atoms with Gasteiger partial charge in [0.1, 0.15) is 5.75 Å². The Kier molecular flexibility index (Phi) is 3.75. The Morgan fingerprint density at radius 3 is 2.72 bits per heavy atom. The van der Waals surface area contributed by atoms with Crippen LogP contribution in [-0.2, 0) is 4.79 Å². The molecule has 0 bridgehead atoms. The third-order valence-corrected chi connectivity index (χ3v) is 3.23. The van der Waals surface area contributed by atoms with Crippen molar-refractivity contribution in [3.05, 3.63) is 18.2 Å². The number of hydrogen-bond donors (Lipinski definition) is 2. The summed E-state index contributed by atoms with van der Waals surface area (Å²) in [6, 6.07) is 6.06. The highest BCUT2D eigenvalue weighted by Gasteiger charge is 2.28. The Bertz CT molecular complexity index is 441. The average molecular weight is 248 g/mol. The molecule has 18 heavy (non-hydrogen) atoms. The molecular formula is C14H20N2O2. The molecule has 4 nitrogen and oxygen atoms in total. The maximum Gasteiger partial charge on any atom is 0.221 e. The third kappa shape index (κ3) is 3.15. The normalized spacial score (nSPS) is 15.9. The van der Waals surface area contributed by atoms with Gasteiger partial charge in [-0.3, -0.25) is 4.79 Å². The molecule has 2 N–H and O–H groups in total. The van der Waals surface area contributed by atoms with Gasteiger partial charge >= 0.3 is 0 Å². The summed E-state index contributed by atoms with van der Waals surface area (Å²) < 4.78 is 5.33. The lowest BCUT2D eigenvalue weighted by Crippen LogP contribution is -2.18. The number of carbonyl (C=O) groups excluding carboxylic acids is 1. The van der Waals surface area contributed by atoms with Crippen LogP contribution >= 0.6 is 0 Å². The molecule has 1 unspecified atom stereocenters. The molecule has 1 aliphatic rings. The maximum absolute atomic E-state index is 11.1. The number of rotatable bonds is 5. The van der Waals surface area contributed by atoms with Gasteiger partial charge in [0, 0.05) is 18.7 Å². The Morgan fingerprint density at radius 1 is 1.44 bits per heavy atom. The van der Waals surface area contributed by atoms with E-state index in [2.05, 4.69) is 17.6 Å². The first-order chi connectivity index (χ1) is 8.60. The van der Waals surface area contributed by atoms with Crippen LogP contribution in [0.5, 0.6) is 5.75 Å². The molecular weight excluding hydrogens is 228 g/mol. The second-order valence-corrected chi connectivity index (χ2v) is 4.87. The molecule has 1 amide bonds. The largest absolute Gasteiger partial charge is 0.495 e. The van der Waals surface area contributed by atoms with Gasteiger partial charge in [0.25, 0.3) is 0 Å². The van der Waals surface area contributed by atoms with Crippen LogP contribution in [0.2, 0.25) is 0 Å². The lowest BCUT2D eigenvalue weighted by molar-refractivity contribution is -0.114. The van der Waals surface area contributed by atoms with E-state index in [4.69, 9.17) is 4.74 Å². The van der Waals surface area contributed by atoms with Crippen LogP contribution in [-0.4, -0.2) is 19.1 Å². The first kappa shape index (κ1) is 12.7. The molecule has 1 aliphatic carbocycles. The van der Waals surface area contributed by atoms with Gasteiger partial charge in [0.15, 0.2) is 0 Å². The third-order valence-electron chi connectivity index (χ3n) is 3.23. The van der Waals surface area contributed by atoms with Gasteiger partial charge in [-0.15, -0.1) is 0 Å². The van der Waals surface area contributed by atoms with E-state index >= 15 is 0 Å². The summed E-state index contributed by atoms with van der Waals surface area (Å²) in [7, 11) is 1.65. The van der Waals surface area contributed by atoms with Crippen molar-refractivity contribution < 1.29 is 9.53 Å². The zero-order chi connectivity index (χ0) is 13.1. The predicted molar refractivity (Wildman–Crippen MR) is 73.1 cm³/mol. The average Bonchev–Trinajstić information content (AvgIpc) is 3.12. The molecule has 0 saturated heterocycles. The predicted octanol–water partition coefficient (Wildman–Crippen LogP) is 2.86. The number of amides is 1. The molecule has 1 aromatic carbocycles. The van der Waals surface area contributed by atoms with Crippen LogP contribution in [0, 0.1) is 5.92 Å². The summed E-state index contributed by atoms with van der Waals surface area (Å²) >= 11 is 0. The van der Waals surface area contributed by atoms with Crippen LogP contribution < -0.4 is 15.4 Å². The van der Waals surface area contributed by atoms with Crippen molar-refractivity contribution in [3.8, 4) is 5.75 Å². The zero-order valence-electron chi connectivity index (χ0n) is 11.1. The summed E-state index contributed by atoms with van der Waals surface area (Å²) in [4.78, 5) is 11.1. The standard InChI is InChI=1S/C14H20N2O2/c1-9(11-4-5-11)15-13-8-12(16-10(2)17)6-7-14(13)18-3/h6-9,11,15H,4-5H2,1-3H3,(H,16,17). The fourth-order valence-corrected chi connectivity index (χ4v) is 2.06. The summed E-state index contributed by atoms with van der Waals surface area (Å²) in [5, 5.41) is 6.24. The van der Waals surface area contributed by atoms with E-state index in [1.807, 2.05) is 18.2 Å². The Balaban J connectivity index is 2.15. The highest BCUT2D eigenvalue weighted by atomic mass is 16.5.